The number of rotatable bonds is 7. The van der Waals surface area contributed by atoms with Gasteiger partial charge in [-0.3, -0.25) is 9.59 Å². The molecule has 4 saturated heterocycles. The summed E-state index contributed by atoms with van der Waals surface area (Å²) >= 11 is 5.31. The first-order valence-corrected chi connectivity index (χ1v) is 16.1. The van der Waals surface area contributed by atoms with Crippen molar-refractivity contribution in [3.8, 4) is 0 Å². The fourth-order valence-electron chi connectivity index (χ4n) is 7.46. The molecule has 268 valence electrons. The average molecular weight is 812 g/mol. The molecule has 4 aliphatic carbocycles. The first kappa shape index (κ1) is 39.4. The van der Waals surface area contributed by atoms with Gasteiger partial charge in [0.2, 0.25) is 6.79 Å². The van der Waals surface area contributed by atoms with Crippen LogP contribution in [0.4, 0.5) is 9.59 Å². The number of carbonyl (C=O) groups excluding carboxylic acids is 5. The van der Waals surface area contributed by atoms with Crippen molar-refractivity contribution < 1.29 is 91.0 Å². The number of ether oxygens (including phenoxy) is 7. The Bertz CT molecular complexity index is 1260. The van der Waals surface area contributed by atoms with Crippen molar-refractivity contribution in [2.75, 3.05) is 12.9 Å². The van der Waals surface area contributed by atoms with Gasteiger partial charge in [-0.05, 0) is 77.0 Å². The van der Waals surface area contributed by atoms with Gasteiger partial charge < -0.3 is 62.2 Å². The topological polar surface area (TPSA) is 187 Å². The highest BCUT2D eigenvalue weighted by atomic mass is 127. The van der Waals surface area contributed by atoms with Gasteiger partial charge in [-0.25, -0.2) is 19.2 Å². The number of fused-ring (bicyclic) bond motifs is 2. The Morgan fingerprint density at radius 1 is 0.729 bits per heavy atom. The van der Waals surface area contributed by atoms with E-state index in [2.05, 4.69) is 22.6 Å². The van der Waals surface area contributed by atoms with Gasteiger partial charge >= 0.3 is 36.2 Å². The number of hydrogen-bond acceptors (Lipinski definition) is 13. The zero-order valence-electron chi connectivity index (χ0n) is 26.8. The van der Waals surface area contributed by atoms with Crippen molar-refractivity contribution in [2.45, 2.75) is 89.6 Å². The minimum atomic E-state index is -0.935. The molecule has 0 aromatic carbocycles. The summed E-state index contributed by atoms with van der Waals surface area (Å²) < 4.78 is 35.5. The third kappa shape index (κ3) is 10.2. The van der Waals surface area contributed by atoms with Crippen LogP contribution in [0.2, 0.25) is 0 Å². The van der Waals surface area contributed by atoms with Crippen LogP contribution in [0.25, 0.3) is 0 Å². The maximum absolute atomic E-state index is 11.9. The van der Waals surface area contributed by atoms with E-state index in [-0.39, 0.29) is 89.0 Å². The molecule has 0 aromatic heterocycles. The van der Waals surface area contributed by atoms with E-state index in [1.54, 1.807) is 0 Å². The zero-order chi connectivity index (χ0) is 34.4. The Hall–Kier alpha value is -3.08. The molecule has 8 rings (SSSR count). The third-order valence-electron chi connectivity index (χ3n) is 9.39. The van der Waals surface area contributed by atoms with Crippen molar-refractivity contribution in [3.05, 3.63) is 24.3 Å². The van der Waals surface area contributed by atoms with E-state index in [9.17, 15) is 28.8 Å². The van der Waals surface area contributed by atoms with Crippen LogP contribution in [0.3, 0.4) is 0 Å². The van der Waals surface area contributed by atoms with Crippen molar-refractivity contribution >= 4 is 47.8 Å². The molecule has 48 heavy (non-hydrogen) atoms. The summed E-state index contributed by atoms with van der Waals surface area (Å²) in [5.41, 5.74) is 0.390. The van der Waals surface area contributed by atoms with Crippen molar-refractivity contribution in [3.63, 3.8) is 0 Å². The van der Waals surface area contributed by atoms with Crippen molar-refractivity contribution in [1.82, 2.24) is 0 Å². The smallest absolute Gasteiger partial charge is 0.511 e. The van der Waals surface area contributed by atoms with Crippen LogP contribution in [0.1, 0.15) is 65.2 Å². The molecular formula is C32H41ClIO14-. The quantitative estimate of drug-likeness (QED) is 0.0977. The van der Waals surface area contributed by atoms with Crippen molar-refractivity contribution in [2.24, 2.45) is 35.5 Å². The standard InChI is InChI=1S/C16H20O7.C12H15ClO5.C4H6O2.HI/c1-8(2)14(17)20-7-21-16(19)23-13-10-3-9-4-11(6-10)15(18)22-12(13)5-9;13-5-16-12(15)18-10-7-1-6-2-8(4-7)11(14)17-9(10)3-6;1-3(2)4(5)6;/h9-13H,1,3-7H2,2H3;6-10H,1-5H2;1H2,2H3,(H,5,6);1H/p-1. The van der Waals surface area contributed by atoms with Gasteiger partial charge in [0.25, 0.3) is 0 Å². The van der Waals surface area contributed by atoms with Crippen molar-refractivity contribution in [1.29, 1.82) is 0 Å². The van der Waals surface area contributed by atoms with Crippen LogP contribution in [0, 0.1) is 35.5 Å². The lowest BCUT2D eigenvalue weighted by atomic mass is 9.67. The summed E-state index contributed by atoms with van der Waals surface area (Å²) in [5, 5.41) is 7.89. The highest BCUT2D eigenvalue weighted by Gasteiger charge is 2.53. The van der Waals surface area contributed by atoms with Crippen LogP contribution in [0.15, 0.2) is 24.3 Å². The van der Waals surface area contributed by atoms with E-state index >= 15 is 0 Å². The van der Waals surface area contributed by atoms with Crippen LogP contribution in [-0.4, -0.2) is 78.6 Å². The molecule has 4 aliphatic heterocycles. The van der Waals surface area contributed by atoms with E-state index in [0.29, 0.717) is 18.3 Å². The highest BCUT2D eigenvalue weighted by Crippen LogP contribution is 2.49. The van der Waals surface area contributed by atoms with E-state index < -0.39 is 43.3 Å². The molecule has 14 nitrogen and oxygen atoms in total. The number of aliphatic carboxylic acids is 1. The molecule has 0 radical (unpaired) electrons. The SMILES string of the molecule is C=C(C)C(=O)O.C=C(C)C(=O)OCOC(=O)OC1C2CC3CC(C2)C(=O)OC1C3.O=C(OCCl)OC1C2CC3CC(C2)C(=O)OC1C3.[I-]. The fourth-order valence-corrected chi connectivity index (χ4v) is 7.55. The summed E-state index contributed by atoms with van der Waals surface area (Å²) in [4.78, 5) is 67.7. The number of halogens is 2. The van der Waals surface area contributed by atoms with Gasteiger partial charge in [-0.1, -0.05) is 24.8 Å². The average Bonchev–Trinajstić information content (AvgIpc) is 3.27. The summed E-state index contributed by atoms with van der Waals surface area (Å²) in [6.07, 6.45) is 3.43. The maximum atomic E-state index is 11.9. The number of hydrogen-bond donors (Lipinski definition) is 1. The molecule has 8 bridgehead atoms. The van der Waals surface area contributed by atoms with Gasteiger partial charge in [0, 0.05) is 23.0 Å². The fraction of sp³-hybridized carbons (Fsp3) is 0.688. The lowest BCUT2D eigenvalue weighted by molar-refractivity contribution is -0.160. The van der Waals surface area contributed by atoms with Gasteiger partial charge in [-0.15, -0.1) is 0 Å². The normalized spacial score (nSPS) is 32.8. The molecule has 0 spiro atoms. The minimum Gasteiger partial charge on any atom is -1.00 e. The largest absolute Gasteiger partial charge is 1.00 e. The summed E-state index contributed by atoms with van der Waals surface area (Å²) in [6, 6.07) is -0.230. The second-order valence-corrected chi connectivity index (χ2v) is 13.2. The van der Waals surface area contributed by atoms with Crippen LogP contribution in [-0.2, 0) is 52.3 Å². The lowest BCUT2D eigenvalue weighted by Crippen LogP contribution is -3.00. The molecule has 4 saturated carbocycles. The highest BCUT2D eigenvalue weighted by molar-refractivity contribution is 6.17. The lowest BCUT2D eigenvalue weighted by Gasteiger charge is -2.40. The van der Waals surface area contributed by atoms with E-state index in [1.165, 1.54) is 13.8 Å². The maximum Gasteiger partial charge on any atom is 0.511 e. The predicted molar refractivity (Wildman–Crippen MR) is 159 cm³/mol. The predicted octanol–water partition coefficient (Wildman–Crippen LogP) is 1.66. The molecule has 10 unspecified atom stereocenters. The molecule has 1 N–H and O–H groups in total. The van der Waals surface area contributed by atoms with E-state index in [0.717, 1.165) is 44.9 Å². The van der Waals surface area contributed by atoms with Gasteiger partial charge in [0.05, 0.1) is 11.8 Å². The number of carbonyl (C=O) groups is 6. The van der Waals surface area contributed by atoms with E-state index in [1.807, 2.05) is 0 Å². The van der Waals surface area contributed by atoms with Gasteiger partial charge in [-0.2, -0.15) is 0 Å². The molecule has 0 aromatic rings. The molecule has 10 atom stereocenters. The Morgan fingerprint density at radius 2 is 1.17 bits per heavy atom. The number of esters is 3. The third-order valence-corrected chi connectivity index (χ3v) is 9.50. The second kappa shape index (κ2) is 17.5. The molecule has 0 amide bonds. The Balaban J connectivity index is 0.000000223. The zero-order valence-corrected chi connectivity index (χ0v) is 29.7. The molecule has 8 aliphatic rings. The summed E-state index contributed by atoms with van der Waals surface area (Å²) in [6.45, 7) is 8.98. The second-order valence-electron chi connectivity index (χ2n) is 13.0. The summed E-state index contributed by atoms with van der Waals surface area (Å²) in [7, 11) is 0. The van der Waals surface area contributed by atoms with E-state index in [4.69, 9.17) is 40.4 Å². The molecular weight excluding hydrogens is 771 g/mol. The first-order valence-electron chi connectivity index (χ1n) is 15.6. The number of carboxylic acids is 1. The van der Waals surface area contributed by atoms with Crippen LogP contribution in [0.5, 0.6) is 0 Å². The summed E-state index contributed by atoms with van der Waals surface area (Å²) in [5.74, 6) is -0.677. The minimum absolute atomic E-state index is 0. The van der Waals surface area contributed by atoms with Gasteiger partial charge in [0.1, 0.15) is 24.4 Å². The number of carboxylic acid groups (broad SMARTS) is 1. The molecule has 8 fully saturated rings. The Labute approximate surface area is 300 Å². The Morgan fingerprint density at radius 3 is 1.56 bits per heavy atom. The number of alkyl halides is 1. The first-order chi connectivity index (χ1) is 22.2. The molecule has 4 heterocycles. The van der Waals surface area contributed by atoms with Gasteiger partial charge in [0.15, 0.2) is 6.07 Å². The Kier molecular flexibility index (Phi) is 14.4. The van der Waals surface area contributed by atoms with Crippen LogP contribution >= 0.6 is 11.6 Å². The monoisotopic (exact) mass is 811 g/mol. The molecule has 16 heteroatoms. The van der Waals surface area contributed by atoms with Crippen LogP contribution < -0.4 is 24.0 Å².